The Bertz CT molecular complexity index is 851. The lowest BCUT2D eigenvalue weighted by molar-refractivity contribution is 0.620. The van der Waals surface area contributed by atoms with Gasteiger partial charge in [0, 0.05) is 18.3 Å². The van der Waals surface area contributed by atoms with Crippen LogP contribution in [0.5, 0.6) is 0 Å². The molecular formula is C17H15N3O. The molecule has 2 aromatic heterocycles. The van der Waals surface area contributed by atoms with Crippen molar-refractivity contribution in [3.8, 4) is 11.3 Å². The summed E-state index contributed by atoms with van der Waals surface area (Å²) >= 11 is 0. The minimum absolute atomic E-state index is 0.0423. The van der Waals surface area contributed by atoms with E-state index in [1.165, 1.54) is 12.8 Å². The molecule has 0 amide bonds. The fourth-order valence-corrected chi connectivity index (χ4v) is 2.59. The van der Waals surface area contributed by atoms with Crippen molar-refractivity contribution >= 4 is 11.2 Å². The first-order chi connectivity index (χ1) is 10.3. The van der Waals surface area contributed by atoms with Gasteiger partial charge in [-0.05, 0) is 30.9 Å². The van der Waals surface area contributed by atoms with Crippen molar-refractivity contribution < 1.29 is 0 Å². The summed E-state index contributed by atoms with van der Waals surface area (Å²) in [7, 11) is 0. The third-order valence-electron chi connectivity index (χ3n) is 3.89. The molecule has 0 radical (unpaired) electrons. The van der Waals surface area contributed by atoms with E-state index in [1.807, 2.05) is 42.5 Å². The van der Waals surface area contributed by atoms with Gasteiger partial charge in [-0.25, -0.2) is 9.97 Å². The number of hydrogen-bond donors (Lipinski definition) is 0. The Morgan fingerprint density at radius 1 is 1.10 bits per heavy atom. The van der Waals surface area contributed by atoms with E-state index >= 15 is 0 Å². The minimum atomic E-state index is -0.0423. The lowest BCUT2D eigenvalue weighted by atomic mass is 10.1. The van der Waals surface area contributed by atoms with Gasteiger partial charge in [0.25, 0.3) is 5.56 Å². The van der Waals surface area contributed by atoms with E-state index in [-0.39, 0.29) is 5.56 Å². The van der Waals surface area contributed by atoms with Gasteiger partial charge in [0.2, 0.25) is 0 Å². The van der Waals surface area contributed by atoms with Crippen LogP contribution < -0.4 is 5.56 Å². The van der Waals surface area contributed by atoms with Gasteiger partial charge in [0.05, 0.1) is 0 Å². The number of benzene rings is 1. The highest BCUT2D eigenvalue weighted by atomic mass is 16.1. The quantitative estimate of drug-likeness (QED) is 0.739. The predicted octanol–water partition coefficient (Wildman–Crippen LogP) is 2.87. The van der Waals surface area contributed by atoms with E-state index in [0.717, 1.165) is 17.6 Å². The summed E-state index contributed by atoms with van der Waals surface area (Å²) in [6, 6.07) is 13.4. The van der Waals surface area contributed by atoms with Gasteiger partial charge in [-0.1, -0.05) is 30.3 Å². The van der Waals surface area contributed by atoms with Crippen molar-refractivity contribution in [2.45, 2.75) is 19.4 Å². The Balaban J connectivity index is 1.99. The smallest absolute Gasteiger partial charge is 0.278 e. The van der Waals surface area contributed by atoms with Crippen LogP contribution in [-0.2, 0) is 6.54 Å². The van der Waals surface area contributed by atoms with Crippen LogP contribution in [0, 0.1) is 5.92 Å². The first-order valence-corrected chi connectivity index (χ1v) is 7.24. The minimum Gasteiger partial charge on any atom is -0.289 e. The van der Waals surface area contributed by atoms with Crippen LogP contribution in [0.15, 0.2) is 53.5 Å². The topological polar surface area (TPSA) is 47.8 Å². The summed E-state index contributed by atoms with van der Waals surface area (Å²) in [6.45, 7) is 0.745. The molecule has 1 aliphatic rings. The molecule has 1 aliphatic carbocycles. The number of hydrogen-bond acceptors (Lipinski definition) is 3. The van der Waals surface area contributed by atoms with Gasteiger partial charge in [-0.2, -0.15) is 0 Å². The fourth-order valence-electron chi connectivity index (χ4n) is 2.59. The molecule has 0 saturated heterocycles. The van der Waals surface area contributed by atoms with Crippen molar-refractivity contribution in [1.82, 2.24) is 14.5 Å². The summed E-state index contributed by atoms with van der Waals surface area (Å²) in [4.78, 5) is 21.7. The molecule has 0 unspecified atom stereocenters. The monoisotopic (exact) mass is 277 g/mol. The Labute approximate surface area is 122 Å². The maximum absolute atomic E-state index is 12.8. The second-order valence-electron chi connectivity index (χ2n) is 5.53. The molecule has 0 spiro atoms. The highest BCUT2D eigenvalue weighted by Crippen LogP contribution is 2.31. The van der Waals surface area contributed by atoms with Crippen molar-refractivity contribution in [3.05, 3.63) is 59.0 Å². The maximum atomic E-state index is 12.8. The molecule has 1 fully saturated rings. The average Bonchev–Trinajstić information content (AvgIpc) is 3.35. The predicted molar refractivity (Wildman–Crippen MR) is 82.0 cm³/mol. The van der Waals surface area contributed by atoms with Crippen LogP contribution in [0.4, 0.5) is 0 Å². The second-order valence-corrected chi connectivity index (χ2v) is 5.53. The zero-order valence-corrected chi connectivity index (χ0v) is 11.6. The largest absolute Gasteiger partial charge is 0.289 e. The molecule has 0 atom stereocenters. The van der Waals surface area contributed by atoms with Crippen molar-refractivity contribution in [2.24, 2.45) is 5.92 Å². The Morgan fingerprint density at radius 2 is 1.90 bits per heavy atom. The Hall–Kier alpha value is -2.49. The van der Waals surface area contributed by atoms with Crippen LogP contribution in [0.25, 0.3) is 22.4 Å². The molecule has 104 valence electrons. The highest BCUT2D eigenvalue weighted by molar-refractivity contribution is 5.74. The van der Waals surface area contributed by atoms with Crippen molar-refractivity contribution in [1.29, 1.82) is 0 Å². The molecule has 4 heteroatoms. The lowest BCUT2D eigenvalue weighted by Gasteiger charge is -2.10. The average molecular weight is 277 g/mol. The van der Waals surface area contributed by atoms with Crippen molar-refractivity contribution in [2.75, 3.05) is 0 Å². The Kier molecular flexibility index (Phi) is 2.81. The lowest BCUT2D eigenvalue weighted by Crippen LogP contribution is -2.25. The van der Waals surface area contributed by atoms with E-state index in [9.17, 15) is 4.79 Å². The zero-order chi connectivity index (χ0) is 14.2. The van der Waals surface area contributed by atoms with Crippen LogP contribution in [0.1, 0.15) is 12.8 Å². The summed E-state index contributed by atoms with van der Waals surface area (Å²) in [5, 5.41) is 0. The third-order valence-corrected chi connectivity index (χ3v) is 3.89. The molecule has 0 bridgehead atoms. The highest BCUT2D eigenvalue weighted by Gasteiger charge is 2.24. The molecule has 3 aromatic rings. The van der Waals surface area contributed by atoms with Gasteiger partial charge in [-0.3, -0.25) is 9.36 Å². The molecule has 1 saturated carbocycles. The number of rotatable bonds is 3. The third kappa shape index (κ3) is 2.23. The summed E-state index contributed by atoms with van der Waals surface area (Å²) in [5.41, 5.74) is 2.79. The second kappa shape index (κ2) is 4.81. The fraction of sp³-hybridized carbons (Fsp3) is 0.235. The van der Waals surface area contributed by atoms with E-state index in [2.05, 4.69) is 9.97 Å². The summed E-state index contributed by atoms with van der Waals surface area (Å²) in [5.74, 6) is 0.610. The van der Waals surface area contributed by atoms with E-state index in [0.29, 0.717) is 17.3 Å². The van der Waals surface area contributed by atoms with E-state index in [1.54, 1.807) is 10.8 Å². The van der Waals surface area contributed by atoms with E-state index < -0.39 is 0 Å². The standard InChI is InChI=1S/C17H15N3O/c21-17-15(13-5-2-1-3-6-13)19-14-7-4-10-18-16(14)20(17)11-12-8-9-12/h1-7,10,12H,8-9,11H2. The van der Waals surface area contributed by atoms with Crippen LogP contribution in [0.2, 0.25) is 0 Å². The molecule has 1 aromatic carbocycles. The Morgan fingerprint density at radius 3 is 2.67 bits per heavy atom. The van der Waals surface area contributed by atoms with E-state index in [4.69, 9.17) is 0 Å². The number of aromatic nitrogens is 3. The van der Waals surface area contributed by atoms with Crippen LogP contribution in [0.3, 0.4) is 0 Å². The molecule has 0 N–H and O–H groups in total. The van der Waals surface area contributed by atoms with Gasteiger partial charge >= 0.3 is 0 Å². The van der Waals surface area contributed by atoms with Crippen LogP contribution in [-0.4, -0.2) is 14.5 Å². The maximum Gasteiger partial charge on any atom is 0.278 e. The van der Waals surface area contributed by atoms with Gasteiger partial charge in [0.15, 0.2) is 5.65 Å². The molecular weight excluding hydrogens is 262 g/mol. The zero-order valence-electron chi connectivity index (χ0n) is 11.6. The normalized spacial score (nSPS) is 14.5. The molecule has 0 aliphatic heterocycles. The van der Waals surface area contributed by atoms with Crippen LogP contribution >= 0.6 is 0 Å². The number of nitrogens with zero attached hydrogens (tertiary/aromatic N) is 3. The first-order valence-electron chi connectivity index (χ1n) is 7.24. The first kappa shape index (κ1) is 12.3. The van der Waals surface area contributed by atoms with Gasteiger partial charge < -0.3 is 0 Å². The van der Waals surface area contributed by atoms with Gasteiger partial charge in [-0.15, -0.1) is 0 Å². The SMILES string of the molecule is O=c1c(-c2ccccc2)nc2cccnc2n1CC1CC1. The summed E-state index contributed by atoms with van der Waals surface area (Å²) < 4.78 is 1.79. The summed E-state index contributed by atoms with van der Waals surface area (Å²) in [6.07, 6.45) is 4.11. The molecule has 4 nitrogen and oxygen atoms in total. The molecule has 4 rings (SSSR count). The number of pyridine rings is 1. The molecule has 21 heavy (non-hydrogen) atoms. The van der Waals surface area contributed by atoms with Gasteiger partial charge in [0.1, 0.15) is 11.2 Å². The number of fused-ring (bicyclic) bond motifs is 1. The van der Waals surface area contributed by atoms with Crippen molar-refractivity contribution in [3.63, 3.8) is 0 Å². The molecule has 2 heterocycles.